The third-order valence-corrected chi connectivity index (χ3v) is 3.86. The lowest BCUT2D eigenvalue weighted by Crippen LogP contribution is -2.22. The van der Waals surface area contributed by atoms with E-state index < -0.39 is 22.0 Å². The molecule has 2 aromatic carbocycles. The molecule has 0 spiro atoms. The molecule has 0 bridgehead atoms. The van der Waals surface area contributed by atoms with E-state index in [1.807, 2.05) is 0 Å². The fourth-order valence-corrected chi connectivity index (χ4v) is 2.47. The third-order valence-electron chi connectivity index (χ3n) is 3.37. The molecule has 0 fully saturated rings. The Kier molecular flexibility index (Phi) is 4.71. The van der Waals surface area contributed by atoms with E-state index >= 15 is 0 Å². The van der Waals surface area contributed by atoms with Gasteiger partial charge in [0.15, 0.2) is 0 Å². The second-order valence-electron chi connectivity index (χ2n) is 4.99. The second-order valence-corrected chi connectivity index (χ2v) is 5.90. The molecule has 0 saturated heterocycles. The second kappa shape index (κ2) is 6.96. The average molecular weight is 424 g/mol. The first-order valence-electron chi connectivity index (χ1n) is 7.11. The van der Waals surface area contributed by atoms with E-state index in [4.69, 9.17) is 4.74 Å². The van der Waals surface area contributed by atoms with Gasteiger partial charge < -0.3 is 20.1 Å². The van der Waals surface area contributed by atoms with Crippen LogP contribution in [0, 0.1) is 15.9 Å². The maximum Gasteiger partial charge on any atom is 0.438 e. The van der Waals surface area contributed by atoms with Gasteiger partial charge in [0.05, 0.1) is 12.2 Å². The molecule has 1 N–H and O–H groups in total. The lowest BCUT2D eigenvalue weighted by atomic mass is 10.3. The van der Waals surface area contributed by atoms with E-state index in [-0.39, 0.29) is 5.69 Å². The van der Waals surface area contributed by atoms with Crippen LogP contribution in [0.2, 0.25) is 0 Å². The molecule has 1 heterocycles. The number of nitrogens with zero attached hydrogens (tertiary/aromatic N) is 5. The molecular formula is C15H11BrFN5O4. The largest absolute Gasteiger partial charge is 0.497 e. The van der Waals surface area contributed by atoms with Crippen LogP contribution in [0.25, 0.3) is 5.69 Å². The van der Waals surface area contributed by atoms with Crippen molar-refractivity contribution >= 4 is 27.4 Å². The highest BCUT2D eigenvalue weighted by atomic mass is 79.9. The summed E-state index contributed by atoms with van der Waals surface area (Å²) >= 11 is 3.11. The van der Waals surface area contributed by atoms with Crippen molar-refractivity contribution in [2.24, 2.45) is 4.99 Å². The highest BCUT2D eigenvalue weighted by Gasteiger charge is 2.24. The van der Waals surface area contributed by atoms with Crippen LogP contribution in [0.1, 0.15) is 0 Å². The summed E-state index contributed by atoms with van der Waals surface area (Å²) in [7, 11) is 1.49. The maximum absolute atomic E-state index is 14.0. The smallest absolute Gasteiger partial charge is 0.438 e. The molecule has 1 aromatic heterocycles. The molecule has 0 aliphatic carbocycles. The molecule has 11 heteroatoms. The number of rotatable bonds is 4. The van der Waals surface area contributed by atoms with Crippen molar-refractivity contribution < 1.29 is 19.3 Å². The zero-order chi connectivity index (χ0) is 18.8. The molecule has 0 saturated carbocycles. The van der Waals surface area contributed by atoms with Gasteiger partial charge in [-0.1, -0.05) is 20.8 Å². The number of benzene rings is 2. The summed E-state index contributed by atoms with van der Waals surface area (Å²) in [5, 5.41) is 25.3. The summed E-state index contributed by atoms with van der Waals surface area (Å²) in [6.45, 7) is 0. The minimum absolute atomic E-state index is 0.187. The summed E-state index contributed by atoms with van der Waals surface area (Å²) in [4.78, 5) is 15.5. The molecule has 3 aromatic rings. The van der Waals surface area contributed by atoms with Gasteiger partial charge in [0, 0.05) is 4.47 Å². The Labute approximate surface area is 153 Å². The van der Waals surface area contributed by atoms with E-state index in [9.17, 15) is 19.7 Å². The Hall–Kier alpha value is -3.21. The van der Waals surface area contributed by atoms with Gasteiger partial charge in [-0.2, -0.15) is 0 Å². The van der Waals surface area contributed by atoms with E-state index in [2.05, 4.69) is 26.0 Å². The van der Waals surface area contributed by atoms with Crippen LogP contribution in [-0.2, 0) is 0 Å². The van der Waals surface area contributed by atoms with Crippen LogP contribution in [-0.4, -0.2) is 32.0 Å². The lowest BCUT2D eigenvalue weighted by Gasteiger charge is -2.02. The summed E-state index contributed by atoms with van der Waals surface area (Å²) in [6, 6.07) is 10.2. The fourth-order valence-electron chi connectivity index (χ4n) is 2.14. The van der Waals surface area contributed by atoms with Crippen molar-refractivity contribution in [1.82, 2.24) is 14.7 Å². The van der Waals surface area contributed by atoms with Crippen molar-refractivity contribution in [2.45, 2.75) is 0 Å². The molecule has 9 nitrogen and oxygen atoms in total. The quantitative estimate of drug-likeness (QED) is 0.394. The SMILES string of the molecule is COc1ccc(-n2nc([N+](=O)[O-])c(=Nc3ccc(Br)cc3F)n2O)cc1. The normalized spacial score (nSPS) is 11.6. The lowest BCUT2D eigenvalue weighted by molar-refractivity contribution is -0.391. The predicted octanol–water partition coefficient (Wildman–Crippen LogP) is 2.96. The van der Waals surface area contributed by atoms with Gasteiger partial charge in [-0.15, -0.1) is 0 Å². The Balaban J connectivity index is 2.20. The Bertz CT molecular complexity index is 1050. The number of halogens is 2. The van der Waals surface area contributed by atoms with Crippen LogP contribution < -0.4 is 10.2 Å². The van der Waals surface area contributed by atoms with Gasteiger partial charge in [-0.25, -0.2) is 9.38 Å². The topological polar surface area (TPSA) is 108 Å². The summed E-state index contributed by atoms with van der Waals surface area (Å²) in [5.41, 5.74) is -0.394. The standard InChI is InChI=1S/C15H11BrFN5O4/c1-26-11-5-3-10(4-6-11)20-19-15(22(24)25)14(21(20)23)18-13-7-2-9(16)8-12(13)17/h2-8,23H,1H3. The molecule has 0 radical (unpaired) electrons. The van der Waals surface area contributed by atoms with Crippen molar-refractivity contribution in [3.8, 4) is 11.4 Å². The van der Waals surface area contributed by atoms with E-state index in [0.717, 1.165) is 10.9 Å². The number of aromatic nitrogens is 3. The maximum atomic E-state index is 14.0. The van der Waals surface area contributed by atoms with Gasteiger partial charge in [0.2, 0.25) is 0 Å². The zero-order valence-corrected chi connectivity index (χ0v) is 14.8. The van der Waals surface area contributed by atoms with Gasteiger partial charge in [-0.3, -0.25) is 0 Å². The van der Waals surface area contributed by atoms with Crippen molar-refractivity contribution in [3.05, 3.63) is 68.4 Å². The molecule has 0 aliphatic rings. The Morgan fingerprint density at radius 1 is 1.31 bits per heavy atom. The highest BCUT2D eigenvalue weighted by Crippen LogP contribution is 2.22. The van der Waals surface area contributed by atoms with Crippen LogP contribution in [0.15, 0.2) is 51.9 Å². The number of hydrogen-bond donors (Lipinski definition) is 1. The molecule has 134 valence electrons. The minimum atomic E-state index is -0.817. The van der Waals surface area contributed by atoms with E-state index in [1.165, 1.54) is 31.4 Å². The molecule has 3 rings (SSSR count). The van der Waals surface area contributed by atoms with Crippen LogP contribution in [0.3, 0.4) is 0 Å². The van der Waals surface area contributed by atoms with E-state index in [1.54, 1.807) is 12.1 Å². The van der Waals surface area contributed by atoms with Gasteiger partial charge in [0.1, 0.15) is 22.9 Å². The molecule has 0 aliphatic heterocycles. The molecular weight excluding hydrogens is 413 g/mol. The Morgan fingerprint density at radius 3 is 2.58 bits per heavy atom. The fraction of sp³-hybridized carbons (Fsp3) is 0.0667. The van der Waals surface area contributed by atoms with Gasteiger partial charge in [0.25, 0.3) is 5.49 Å². The van der Waals surface area contributed by atoms with Crippen molar-refractivity contribution in [1.29, 1.82) is 0 Å². The zero-order valence-electron chi connectivity index (χ0n) is 13.2. The van der Waals surface area contributed by atoms with Gasteiger partial charge >= 0.3 is 5.82 Å². The van der Waals surface area contributed by atoms with E-state index in [0.29, 0.717) is 20.8 Å². The number of hydrogen-bond acceptors (Lipinski definition) is 6. The number of nitro groups is 1. The molecule has 0 unspecified atom stereocenters. The first-order chi connectivity index (χ1) is 12.4. The summed E-state index contributed by atoms with van der Waals surface area (Å²) < 4.78 is 19.5. The monoisotopic (exact) mass is 423 g/mol. The highest BCUT2D eigenvalue weighted by molar-refractivity contribution is 9.10. The average Bonchev–Trinajstić information content (AvgIpc) is 2.94. The van der Waals surface area contributed by atoms with Crippen LogP contribution in [0.4, 0.5) is 15.9 Å². The molecule has 0 atom stereocenters. The van der Waals surface area contributed by atoms with Crippen LogP contribution >= 0.6 is 15.9 Å². The first kappa shape index (κ1) is 17.6. The summed E-state index contributed by atoms with van der Waals surface area (Å²) in [5.74, 6) is -0.891. The predicted molar refractivity (Wildman–Crippen MR) is 91.3 cm³/mol. The molecule has 26 heavy (non-hydrogen) atoms. The molecule has 0 amide bonds. The van der Waals surface area contributed by atoms with Crippen LogP contribution in [0.5, 0.6) is 5.75 Å². The Morgan fingerprint density at radius 2 is 2.00 bits per heavy atom. The summed E-state index contributed by atoms with van der Waals surface area (Å²) in [6.07, 6.45) is 0. The van der Waals surface area contributed by atoms with Crippen molar-refractivity contribution in [3.63, 3.8) is 0 Å². The van der Waals surface area contributed by atoms with Crippen molar-refractivity contribution in [2.75, 3.05) is 7.11 Å². The number of methoxy groups -OCH3 is 1. The number of ether oxygens (including phenoxy) is 1. The minimum Gasteiger partial charge on any atom is -0.497 e. The first-order valence-corrected chi connectivity index (χ1v) is 7.90. The van der Waals surface area contributed by atoms with Gasteiger partial charge in [-0.05, 0) is 52.2 Å². The third kappa shape index (κ3) is 3.28.